The molecule has 19 heavy (non-hydrogen) atoms. The number of Topliss-reactive ketones (excluding diaryl/α,β-unsaturated/α-hetero) is 1. The van der Waals surface area contributed by atoms with E-state index in [1.165, 1.54) is 11.8 Å². The molecule has 0 heterocycles. The first-order chi connectivity index (χ1) is 8.97. The average Bonchev–Trinajstić information content (AvgIpc) is 2.43. The summed E-state index contributed by atoms with van der Waals surface area (Å²) in [4.78, 5) is 21.7. The van der Waals surface area contributed by atoms with Crippen molar-refractivity contribution in [1.82, 2.24) is 0 Å². The van der Waals surface area contributed by atoms with Gasteiger partial charge in [-0.3, -0.25) is 4.79 Å². The summed E-state index contributed by atoms with van der Waals surface area (Å²) in [6, 6.07) is 9.07. The van der Waals surface area contributed by atoms with Gasteiger partial charge in [0, 0.05) is 0 Å². The molecule has 0 saturated heterocycles. The van der Waals surface area contributed by atoms with Crippen LogP contribution >= 0.6 is 23.4 Å². The zero-order chi connectivity index (χ0) is 14.3. The molecule has 1 rings (SSSR count). The lowest BCUT2D eigenvalue weighted by Gasteiger charge is -2.18. The normalized spacial score (nSPS) is 13.6. The van der Waals surface area contributed by atoms with E-state index in [0.29, 0.717) is 5.75 Å². The standard InChI is InChI=1S/C13H16ClNO3S/c1-19-8-7-13(14,15)11(16)12(17)18-9-10-5-3-2-4-6-10/h2-6H,7-9,15H2,1H3/t13-/m0/s1. The lowest BCUT2D eigenvalue weighted by Crippen LogP contribution is -2.47. The number of ether oxygens (including phenoxy) is 1. The Morgan fingerprint density at radius 1 is 1.37 bits per heavy atom. The fraction of sp³-hybridized carbons (Fsp3) is 0.385. The van der Waals surface area contributed by atoms with E-state index in [4.69, 9.17) is 22.1 Å². The van der Waals surface area contributed by atoms with Crippen LogP contribution in [0.2, 0.25) is 0 Å². The van der Waals surface area contributed by atoms with Crippen molar-refractivity contribution in [3.05, 3.63) is 35.9 Å². The van der Waals surface area contributed by atoms with Gasteiger partial charge in [-0.25, -0.2) is 4.79 Å². The summed E-state index contributed by atoms with van der Waals surface area (Å²) in [5.41, 5.74) is 6.41. The van der Waals surface area contributed by atoms with Gasteiger partial charge >= 0.3 is 5.97 Å². The molecule has 1 atom stereocenters. The molecule has 0 unspecified atom stereocenters. The second kappa shape index (κ2) is 7.53. The molecule has 0 amide bonds. The molecule has 0 bridgehead atoms. The van der Waals surface area contributed by atoms with Gasteiger partial charge in [0.15, 0.2) is 5.00 Å². The van der Waals surface area contributed by atoms with Crippen molar-refractivity contribution in [2.75, 3.05) is 12.0 Å². The van der Waals surface area contributed by atoms with Gasteiger partial charge in [0.2, 0.25) is 0 Å². The van der Waals surface area contributed by atoms with Gasteiger partial charge in [0.05, 0.1) is 0 Å². The number of ketones is 1. The minimum atomic E-state index is -1.68. The first-order valence-electron chi connectivity index (χ1n) is 5.69. The molecule has 0 radical (unpaired) electrons. The maximum atomic E-state index is 11.8. The van der Waals surface area contributed by atoms with E-state index in [-0.39, 0.29) is 13.0 Å². The lowest BCUT2D eigenvalue weighted by molar-refractivity contribution is -0.156. The van der Waals surface area contributed by atoms with Gasteiger partial charge in [-0.05, 0) is 24.0 Å². The highest BCUT2D eigenvalue weighted by Crippen LogP contribution is 2.17. The van der Waals surface area contributed by atoms with Crippen LogP contribution in [0.5, 0.6) is 0 Å². The fourth-order valence-electron chi connectivity index (χ4n) is 1.32. The largest absolute Gasteiger partial charge is 0.455 e. The maximum Gasteiger partial charge on any atom is 0.378 e. The van der Waals surface area contributed by atoms with Crippen LogP contribution in [0.25, 0.3) is 0 Å². The highest BCUT2D eigenvalue weighted by Gasteiger charge is 2.37. The molecule has 0 aliphatic carbocycles. The Hall–Kier alpha value is -1.04. The van der Waals surface area contributed by atoms with Crippen molar-refractivity contribution < 1.29 is 14.3 Å². The Bertz CT molecular complexity index is 437. The minimum Gasteiger partial charge on any atom is -0.455 e. The van der Waals surface area contributed by atoms with Crippen LogP contribution in [0, 0.1) is 0 Å². The van der Waals surface area contributed by atoms with Crippen molar-refractivity contribution in [3.63, 3.8) is 0 Å². The summed E-state index contributed by atoms with van der Waals surface area (Å²) in [6.45, 7) is 0.0287. The third-order valence-electron chi connectivity index (χ3n) is 2.45. The summed E-state index contributed by atoms with van der Waals surface area (Å²) in [7, 11) is 0. The molecular formula is C13H16ClNO3S. The maximum absolute atomic E-state index is 11.8. The Kier molecular flexibility index (Phi) is 6.34. The van der Waals surface area contributed by atoms with Crippen LogP contribution < -0.4 is 5.73 Å². The van der Waals surface area contributed by atoms with E-state index < -0.39 is 16.8 Å². The topological polar surface area (TPSA) is 69.4 Å². The average molecular weight is 302 g/mol. The van der Waals surface area contributed by atoms with Crippen LogP contribution in [0.4, 0.5) is 0 Å². The van der Waals surface area contributed by atoms with Gasteiger partial charge in [-0.2, -0.15) is 11.8 Å². The van der Waals surface area contributed by atoms with Gasteiger partial charge in [0.1, 0.15) is 6.61 Å². The Labute approximate surface area is 121 Å². The number of nitrogens with two attached hydrogens (primary N) is 1. The molecule has 0 saturated carbocycles. The summed E-state index contributed by atoms with van der Waals surface area (Å²) in [5.74, 6) is -1.31. The third-order valence-corrected chi connectivity index (χ3v) is 3.42. The predicted octanol–water partition coefficient (Wildman–Crippen LogP) is 1.95. The van der Waals surface area contributed by atoms with Crippen LogP contribution in [0.15, 0.2) is 30.3 Å². The number of rotatable bonds is 7. The first-order valence-corrected chi connectivity index (χ1v) is 7.47. The van der Waals surface area contributed by atoms with E-state index in [1.54, 1.807) is 12.1 Å². The number of thioether (sulfide) groups is 1. The van der Waals surface area contributed by atoms with Crippen molar-refractivity contribution in [2.45, 2.75) is 18.0 Å². The van der Waals surface area contributed by atoms with Crippen LogP contribution in [0.1, 0.15) is 12.0 Å². The zero-order valence-electron chi connectivity index (χ0n) is 10.6. The number of benzene rings is 1. The zero-order valence-corrected chi connectivity index (χ0v) is 12.2. The Balaban J connectivity index is 2.51. The van der Waals surface area contributed by atoms with Crippen molar-refractivity contribution in [1.29, 1.82) is 0 Å². The molecular weight excluding hydrogens is 286 g/mol. The number of hydrogen-bond donors (Lipinski definition) is 1. The number of hydrogen-bond acceptors (Lipinski definition) is 5. The highest BCUT2D eigenvalue weighted by molar-refractivity contribution is 7.98. The summed E-state index contributed by atoms with van der Waals surface area (Å²) in [5, 5.41) is 0. The third kappa shape index (κ3) is 5.22. The molecule has 0 aliphatic rings. The van der Waals surface area contributed by atoms with Crippen LogP contribution in [-0.4, -0.2) is 28.8 Å². The monoisotopic (exact) mass is 301 g/mol. The number of esters is 1. The quantitative estimate of drug-likeness (QED) is 0.361. The molecule has 104 valence electrons. The Morgan fingerprint density at radius 3 is 2.58 bits per heavy atom. The molecule has 0 aromatic heterocycles. The van der Waals surface area contributed by atoms with Crippen LogP contribution in [0.3, 0.4) is 0 Å². The molecule has 4 nitrogen and oxygen atoms in total. The molecule has 0 spiro atoms. The lowest BCUT2D eigenvalue weighted by atomic mass is 10.1. The number of carbonyl (C=O) groups is 2. The summed E-state index contributed by atoms with van der Waals surface area (Å²) in [6.07, 6.45) is 2.08. The van der Waals surface area contributed by atoms with Crippen molar-refractivity contribution in [2.24, 2.45) is 5.73 Å². The van der Waals surface area contributed by atoms with E-state index in [9.17, 15) is 9.59 Å². The van der Waals surface area contributed by atoms with E-state index in [1.807, 2.05) is 24.5 Å². The van der Waals surface area contributed by atoms with Gasteiger partial charge in [0.25, 0.3) is 5.78 Å². The summed E-state index contributed by atoms with van der Waals surface area (Å²) < 4.78 is 4.90. The van der Waals surface area contributed by atoms with Crippen molar-refractivity contribution >= 4 is 35.1 Å². The van der Waals surface area contributed by atoms with E-state index >= 15 is 0 Å². The smallest absolute Gasteiger partial charge is 0.378 e. The Morgan fingerprint density at radius 2 is 2.00 bits per heavy atom. The molecule has 6 heteroatoms. The SMILES string of the molecule is CSCC[C@@](N)(Cl)C(=O)C(=O)OCc1ccccc1. The first kappa shape index (κ1) is 16.0. The predicted molar refractivity (Wildman–Crippen MR) is 77.0 cm³/mol. The molecule has 0 fully saturated rings. The fourth-order valence-corrected chi connectivity index (χ4v) is 2.13. The van der Waals surface area contributed by atoms with Gasteiger partial charge < -0.3 is 10.5 Å². The van der Waals surface area contributed by atoms with Crippen molar-refractivity contribution in [3.8, 4) is 0 Å². The van der Waals surface area contributed by atoms with Gasteiger partial charge in [-0.1, -0.05) is 41.9 Å². The minimum absolute atomic E-state index is 0.0287. The van der Waals surface area contributed by atoms with Crippen LogP contribution in [-0.2, 0) is 20.9 Å². The second-order valence-corrected chi connectivity index (χ2v) is 5.66. The molecule has 0 aliphatic heterocycles. The number of carbonyl (C=O) groups excluding carboxylic acids is 2. The highest BCUT2D eigenvalue weighted by atomic mass is 35.5. The molecule has 1 aromatic rings. The molecule has 1 aromatic carbocycles. The molecule has 2 N–H and O–H groups in total. The van der Waals surface area contributed by atoms with E-state index in [0.717, 1.165) is 5.56 Å². The van der Waals surface area contributed by atoms with Gasteiger partial charge in [-0.15, -0.1) is 0 Å². The number of halogens is 1. The van der Waals surface area contributed by atoms with E-state index in [2.05, 4.69) is 0 Å². The summed E-state index contributed by atoms with van der Waals surface area (Å²) >= 11 is 7.36. The number of alkyl halides is 1. The second-order valence-electron chi connectivity index (χ2n) is 4.00.